The Kier molecular flexibility index (Phi) is 4.97. The van der Waals surface area contributed by atoms with Crippen LogP contribution < -0.4 is 5.32 Å². The summed E-state index contributed by atoms with van der Waals surface area (Å²) in [6.07, 6.45) is 4.35. The van der Waals surface area contributed by atoms with Crippen molar-refractivity contribution in [3.05, 3.63) is 26.9 Å². The lowest BCUT2D eigenvalue weighted by atomic mass is 10.0. The summed E-state index contributed by atoms with van der Waals surface area (Å²) in [6.45, 7) is 3.78. The molecule has 1 aromatic heterocycles. The number of hydrogen-bond donors (Lipinski definition) is 1. The van der Waals surface area contributed by atoms with Gasteiger partial charge in [0.15, 0.2) is 0 Å². The van der Waals surface area contributed by atoms with Gasteiger partial charge in [0.1, 0.15) is 0 Å². The van der Waals surface area contributed by atoms with Crippen molar-refractivity contribution in [2.24, 2.45) is 0 Å². The normalized spacial score (nSPS) is 24.9. The van der Waals surface area contributed by atoms with Gasteiger partial charge in [0.2, 0.25) is 0 Å². The lowest BCUT2D eigenvalue weighted by Crippen LogP contribution is -2.37. The first-order valence-electron chi connectivity index (χ1n) is 5.80. The Labute approximate surface area is 119 Å². The molecule has 94 valence electrons. The van der Waals surface area contributed by atoms with Crippen LogP contribution in [0.1, 0.15) is 25.5 Å². The minimum atomic E-state index is 0.363. The number of nitrogens with zero attached hydrogens (tertiary/aromatic N) is 1. The number of ether oxygens (including phenoxy) is 1. The van der Waals surface area contributed by atoms with E-state index in [1.807, 2.05) is 12.3 Å². The Morgan fingerprint density at radius 1 is 1.53 bits per heavy atom. The second-order valence-corrected chi connectivity index (χ2v) is 6.14. The molecule has 5 heteroatoms. The van der Waals surface area contributed by atoms with E-state index in [9.17, 15) is 0 Å². The molecule has 0 bridgehead atoms. The molecule has 2 atom stereocenters. The summed E-state index contributed by atoms with van der Waals surface area (Å²) < 4.78 is 7.56. The molecule has 0 aromatic carbocycles. The molecule has 0 radical (unpaired) electrons. The Morgan fingerprint density at radius 2 is 2.35 bits per heavy atom. The van der Waals surface area contributed by atoms with Crippen LogP contribution in [-0.2, 0) is 11.3 Å². The summed E-state index contributed by atoms with van der Waals surface area (Å²) in [6, 6.07) is 2.56. The van der Waals surface area contributed by atoms with Crippen LogP contribution in [0, 0.1) is 0 Å². The highest BCUT2D eigenvalue weighted by Crippen LogP contribution is 2.20. The van der Waals surface area contributed by atoms with Crippen LogP contribution in [0.5, 0.6) is 0 Å². The molecule has 1 aromatic rings. The van der Waals surface area contributed by atoms with E-state index >= 15 is 0 Å². The van der Waals surface area contributed by atoms with Gasteiger partial charge in [-0.3, -0.25) is 4.98 Å². The first-order chi connectivity index (χ1) is 8.15. The van der Waals surface area contributed by atoms with E-state index in [-0.39, 0.29) is 0 Å². The van der Waals surface area contributed by atoms with Crippen molar-refractivity contribution >= 4 is 31.9 Å². The fourth-order valence-corrected chi connectivity index (χ4v) is 3.13. The lowest BCUT2D eigenvalue weighted by molar-refractivity contribution is 0.0130. The van der Waals surface area contributed by atoms with Crippen LogP contribution in [0.4, 0.5) is 0 Å². The van der Waals surface area contributed by atoms with Crippen LogP contribution in [0.2, 0.25) is 0 Å². The predicted octanol–water partition coefficient (Wildman–Crippen LogP) is 3.26. The highest BCUT2D eigenvalue weighted by Gasteiger charge is 2.18. The highest BCUT2D eigenvalue weighted by atomic mass is 79.9. The second-order valence-electron chi connectivity index (χ2n) is 4.37. The van der Waals surface area contributed by atoms with Gasteiger partial charge in [-0.2, -0.15) is 0 Å². The van der Waals surface area contributed by atoms with Gasteiger partial charge in [-0.05, 0) is 57.7 Å². The molecule has 2 heterocycles. The molecule has 0 saturated carbocycles. The minimum Gasteiger partial charge on any atom is -0.378 e. The number of nitrogens with one attached hydrogen (secondary N) is 1. The Morgan fingerprint density at radius 3 is 3.06 bits per heavy atom. The molecular formula is C12H16Br2N2O. The third-order valence-electron chi connectivity index (χ3n) is 2.93. The quantitative estimate of drug-likeness (QED) is 0.894. The summed E-state index contributed by atoms with van der Waals surface area (Å²) in [4.78, 5) is 4.39. The van der Waals surface area contributed by atoms with Crippen molar-refractivity contribution in [1.29, 1.82) is 0 Å². The molecular weight excluding hydrogens is 348 g/mol. The third-order valence-corrected chi connectivity index (χ3v) is 4.05. The summed E-state index contributed by atoms with van der Waals surface area (Å²) >= 11 is 6.93. The first kappa shape index (κ1) is 13.5. The van der Waals surface area contributed by atoms with E-state index in [1.54, 1.807) is 0 Å². The molecule has 1 fully saturated rings. The molecule has 0 aliphatic carbocycles. The van der Waals surface area contributed by atoms with Crippen molar-refractivity contribution in [1.82, 2.24) is 10.3 Å². The molecule has 17 heavy (non-hydrogen) atoms. The molecule has 1 N–H and O–H groups in total. The van der Waals surface area contributed by atoms with Gasteiger partial charge in [0, 0.05) is 34.3 Å². The average Bonchev–Trinajstić information content (AvgIpc) is 2.28. The molecule has 0 amide bonds. The highest BCUT2D eigenvalue weighted by molar-refractivity contribution is 9.11. The van der Waals surface area contributed by atoms with Gasteiger partial charge in [0.05, 0.1) is 11.8 Å². The number of rotatable bonds is 3. The minimum absolute atomic E-state index is 0.363. The van der Waals surface area contributed by atoms with Crippen LogP contribution in [0.25, 0.3) is 0 Å². The average molecular weight is 364 g/mol. The second kappa shape index (κ2) is 6.27. The molecule has 1 aliphatic rings. The number of aromatic nitrogens is 1. The van der Waals surface area contributed by atoms with Crippen molar-refractivity contribution in [3.63, 3.8) is 0 Å². The summed E-state index contributed by atoms with van der Waals surface area (Å²) in [5, 5.41) is 3.54. The van der Waals surface area contributed by atoms with E-state index in [0.29, 0.717) is 12.1 Å². The van der Waals surface area contributed by atoms with E-state index < -0.39 is 0 Å². The summed E-state index contributed by atoms with van der Waals surface area (Å²) in [7, 11) is 0. The molecule has 1 saturated heterocycles. The van der Waals surface area contributed by atoms with Gasteiger partial charge in [-0.25, -0.2) is 0 Å². The van der Waals surface area contributed by atoms with Gasteiger partial charge >= 0.3 is 0 Å². The third kappa shape index (κ3) is 4.02. The number of hydrogen-bond acceptors (Lipinski definition) is 3. The molecule has 2 unspecified atom stereocenters. The van der Waals surface area contributed by atoms with Crippen LogP contribution in [0.15, 0.2) is 21.2 Å². The molecule has 3 nitrogen and oxygen atoms in total. The Balaban J connectivity index is 1.88. The van der Waals surface area contributed by atoms with Gasteiger partial charge in [-0.1, -0.05) is 0 Å². The van der Waals surface area contributed by atoms with Crippen molar-refractivity contribution in [2.75, 3.05) is 6.61 Å². The predicted molar refractivity (Wildman–Crippen MR) is 74.9 cm³/mol. The number of pyridine rings is 1. The zero-order valence-corrected chi connectivity index (χ0v) is 12.9. The summed E-state index contributed by atoms with van der Waals surface area (Å²) in [5.41, 5.74) is 1.05. The standard InChI is InChI=1S/C12H16Br2N2O/c1-8-4-10(2-3-17-8)15-7-12-11(14)5-9(13)6-16-12/h5-6,8,10,15H,2-4,7H2,1H3. The maximum absolute atomic E-state index is 5.53. The van der Waals surface area contributed by atoms with E-state index in [0.717, 1.165) is 40.6 Å². The van der Waals surface area contributed by atoms with E-state index in [4.69, 9.17) is 4.74 Å². The zero-order chi connectivity index (χ0) is 12.3. The zero-order valence-electron chi connectivity index (χ0n) is 9.75. The van der Waals surface area contributed by atoms with Crippen LogP contribution in [0.3, 0.4) is 0 Å². The van der Waals surface area contributed by atoms with Gasteiger partial charge < -0.3 is 10.1 Å². The maximum Gasteiger partial charge on any atom is 0.0684 e. The Hall–Kier alpha value is 0.0300. The van der Waals surface area contributed by atoms with E-state index in [2.05, 4.69) is 49.1 Å². The topological polar surface area (TPSA) is 34.2 Å². The lowest BCUT2D eigenvalue weighted by Gasteiger charge is -2.28. The van der Waals surface area contributed by atoms with Gasteiger partial charge in [0.25, 0.3) is 0 Å². The van der Waals surface area contributed by atoms with E-state index in [1.165, 1.54) is 0 Å². The fraction of sp³-hybridized carbons (Fsp3) is 0.583. The first-order valence-corrected chi connectivity index (χ1v) is 7.38. The van der Waals surface area contributed by atoms with Crippen molar-refractivity contribution in [2.45, 2.75) is 38.5 Å². The monoisotopic (exact) mass is 362 g/mol. The maximum atomic E-state index is 5.53. The smallest absolute Gasteiger partial charge is 0.0684 e. The fourth-order valence-electron chi connectivity index (χ4n) is 2.00. The van der Waals surface area contributed by atoms with Gasteiger partial charge in [-0.15, -0.1) is 0 Å². The van der Waals surface area contributed by atoms with Crippen LogP contribution in [-0.4, -0.2) is 23.7 Å². The Bertz CT molecular complexity index is 387. The molecule has 0 spiro atoms. The van der Waals surface area contributed by atoms with Crippen molar-refractivity contribution in [3.8, 4) is 0 Å². The summed E-state index contributed by atoms with van der Waals surface area (Å²) in [5.74, 6) is 0. The molecule has 2 rings (SSSR count). The molecule has 1 aliphatic heterocycles. The largest absolute Gasteiger partial charge is 0.378 e. The SMILES string of the molecule is CC1CC(NCc2ncc(Br)cc2Br)CCO1. The van der Waals surface area contributed by atoms with Crippen molar-refractivity contribution < 1.29 is 4.74 Å². The number of halogens is 2. The van der Waals surface area contributed by atoms with Crippen LogP contribution >= 0.6 is 31.9 Å².